The average molecular weight is 420 g/mol. The number of ether oxygens (including phenoxy) is 3. The molecular weight excluding hydrogens is 399 g/mol. The largest absolute Gasteiger partial charge is 0.487 e. The van der Waals surface area contributed by atoms with Crippen LogP contribution in [0.4, 0.5) is 0 Å². The Morgan fingerprint density at radius 1 is 1.32 bits per heavy atom. The maximum Gasteiger partial charge on any atom is 0.344 e. The van der Waals surface area contributed by atoms with Gasteiger partial charge in [-0.3, -0.25) is 4.79 Å². The summed E-state index contributed by atoms with van der Waals surface area (Å²) >= 11 is 2.09. The fourth-order valence-corrected chi connectivity index (χ4v) is 2.29. The third-order valence-corrected chi connectivity index (χ3v) is 2.92. The molecule has 0 N–H and O–H groups in total. The molecule has 5 nitrogen and oxygen atoms in total. The molecule has 0 aromatic heterocycles. The molecule has 0 saturated carbocycles. The van der Waals surface area contributed by atoms with E-state index in [1.165, 1.54) is 0 Å². The van der Waals surface area contributed by atoms with Crippen molar-refractivity contribution in [1.82, 2.24) is 0 Å². The van der Waals surface area contributed by atoms with Crippen molar-refractivity contribution in [2.24, 2.45) is 0 Å². The number of rotatable bonds is 6. The van der Waals surface area contributed by atoms with Crippen molar-refractivity contribution < 1.29 is 23.8 Å². The second-order valence-electron chi connectivity index (χ2n) is 5.98. The Kier molecular flexibility index (Phi) is 6.65. The Morgan fingerprint density at radius 2 is 1.95 bits per heavy atom. The van der Waals surface area contributed by atoms with Gasteiger partial charge in [0.2, 0.25) is 0 Å². The van der Waals surface area contributed by atoms with Crippen molar-refractivity contribution in [3.05, 3.63) is 21.3 Å². The topological polar surface area (TPSA) is 61.8 Å². The smallest absolute Gasteiger partial charge is 0.344 e. The monoisotopic (exact) mass is 420 g/mol. The predicted molar refractivity (Wildman–Crippen MR) is 91.7 cm³/mol. The lowest BCUT2D eigenvalue weighted by molar-refractivity contribution is -0.157. The summed E-state index contributed by atoms with van der Waals surface area (Å²) < 4.78 is 17.2. The van der Waals surface area contributed by atoms with Gasteiger partial charge >= 0.3 is 5.97 Å². The van der Waals surface area contributed by atoms with E-state index in [0.29, 0.717) is 17.6 Å². The summed E-state index contributed by atoms with van der Waals surface area (Å²) in [6.07, 6.45) is 0.598. The van der Waals surface area contributed by atoms with Crippen LogP contribution in [0.1, 0.15) is 45.0 Å². The Balaban J connectivity index is 2.96. The molecule has 0 saturated heterocycles. The van der Waals surface area contributed by atoms with Gasteiger partial charge in [-0.05, 0) is 69.3 Å². The Hall–Kier alpha value is -1.31. The zero-order chi connectivity index (χ0) is 16.9. The van der Waals surface area contributed by atoms with Gasteiger partial charge in [0.05, 0.1) is 11.7 Å². The first-order valence-electron chi connectivity index (χ1n) is 6.92. The van der Waals surface area contributed by atoms with Crippen molar-refractivity contribution in [2.45, 2.75) is 46.3 Å². The molecule has 0 spiro atoms. The van der Waals surface area contributed by atoms with Crippen LogP contribution in [0.15, 0.2) is 12.1 Å². The lowest BCUT2D eigenvalue weighted by Crippen LogP contribution is -2.27. The Morgan fingerprint density at radius 3 is 2.45 bits per heavy atom. The summed E-state index contributed by atoms with van der Waals surface area (Å²) in [6, 6.07) is 3.43. The second kappa shape index (κ2) is 7.80. The van der Waals surface area contributed by atoms with Crippen molar-refractivity contribution in [3.8, 4) is 11.5 Å². The molecule has 1 aromatic carbocycles. The minimum Gasteiger partial charge on any atom is -0.487 e. The Labute approximate surface area is 144 Å². The lowest BCUT2D eigenvalue weighted by Gasteiger charge is -2.20. The average Bonchev–Trinajstić information content (AvgIpc) is 2.33. The van der Waals surface area contributed by atoms with E-state index in [9.17, 15) is 9.59 Å². The number of benzene rings is 1. The van der Waals surface area contributed by atoms with E-state index in [0.717, 1.165) is 3.57 Å². The summed E-state index contributed by atoms with van der Waals surface area (Å²) in [5.41, 5.74) is -0.247. The lowest BCUT2D eigenvalue weighted by atomic mass is 10.2. The van der Waals surface area contributed by atoms with Crippen LogP contribution in [-0.2, 0) is 9.53 Å². The number of esters is 1. The summed E-state index contributed by atoms with van der Waals surface area (Å²) in [4.78, 5) is 23.0. The molecule has 22 heavy (non-hydrogen) atoms. The molecule has 0 amide bonds. The minimum atomic E-state index is -0.586. The molecule has 122 valence electrons. The minimum absolute atomic E-state index is 0.0819. The van der Waals surface area contributed by atoms with Crippen molar-refractivity contribution in [3.63, 3.8) is 0 Å². The normalized spacial score (nSPS) is 11.2. The second-order valence-corrected chi connectivity index (χ2v) is 7.23. The molecular formula is C16H21IO5. The van der Waals surface area contributed by atoms with Crippen LogP contribution in [0.25, 0.3) is 0 Å². The van der Waals surface area contributed by atoms with E-state index < -0.39 is 11.6 Å². The molecule has 1 aromatic rings. The zero-order valence-electron chi connectivity index (χ0n) is 13.4. The van der Waals surface area contributed by atoms with Crippen LogP contribution >= 0.6 is 22.6 Å². The predicted octanol–water partition coefficient (Wildman–Crippen LogP) is 3.61. The maximum atomic E-state index is 11.8. The highest BCUT2D eigenvalue weighted by atomic mass is 127. The number of aldehydes is 1. The van der Waals surface area contributed by atoms with Crippen LogP contribution in [0.3, 0.4) is 0 Å². The molecule has 0 atom stereocenters. The first kappa shape index (κ1) is 18.7. The van der Waals surface area contributed by atoms with Crippen LogP contribution in [-0.4, -0.2) is 30.6 Å². The summed E-state index contributed by atoms with van der Waals surface area (Å²) in [5.74, 6) is 0.195. The van der Waals surface area contributed by atoms with Gasteiger partial charge in [0, 0.05) is 3.57 Å². The first-order chi connectivity index (χ1) is 10.1. The standard InChI is InChI=1S/C16H21IO5/c1-10(2)21-13-7-12(17)6-11(8-18)15(13)20-9-14(19)22-16(3,4)5/h6-8,10H,9H2,1-5H3. The van der Waals surface area contributed by atoms with Gasteiger partial charge in [-0.15, -0.1) is 0 Å². The van der Waals surface area contributed by atoms with E-state index in [4.69, 9.17) is 14.2 Å². The summed E-state index contributed by atoms with van der Waals surface area (Å²) in [5, 5.41) is 0. The van der Waals surface area contributed by atoms with Crippen LogP contribution < -0.4 is 9.47 Å². The molecule has 0 fully saturated rings. The highest BCUT2D eigenvalue weighted by Gasteiger charge is 2.19. The number of hydrogen-bond acceptors (Lipinski definition) is 5. The van der Waals surface area contributed by atoms with Gasteiger partial charge in [-0.2, -0.15) is 0 Å². The summed E-state index contributed by atoms with van der Waals surface area (Å²) in [7, 11) is 0. The van der Waals surface area contributed by atoms with E-state index in [1.807, 2.05) is 13.8 Å². The van der Waals surface area contributed by atoms with Crippen LogP contribution in [0.2, 0.25) is 0 Å². The fraction of sp³-hybridized carbons (Fsp3) is 0.500. The fourth-order valence-electron chi connectivity index (χ4n) is 1.67. The number of carbonyl (C=O) groups excluding carboxylic acids is 2. The van der Waals surface area contributed by atoms with E-state index in [1.54, 1.807) is 32.9 Å². The molecule has 1 rings (SSSR count). The molecule has 0 unspecified atom stereocenters. The van der Waals surface area contributed by atoms with Crippen molar-refractivity contribution in [2.75, 3.05) is 6.61 Å². The van der Waals surface area contributed by atoms with E-state index in [2.05, 4.69) is 22.6 Å². The molecule has 0 radical (unpaired) electrons. The van der Waals surface area contributed by atoms with Gasteiger partial charge < -0.3 is 14.2 Å². The van der Waals surface area contributed by atoms with E-state index >= 15 is 0 Å². The van der Waals surface area contributed by atoms with Crippen molar-refractivity contribution in [1.29, 1.82) is 0 Å². The third-order valence-electron chi connectivity index (χ3n) is 2.29. The quantitative estimate of drug-likeness (QED) is 0.400. The molecule has 0 aliphatic rings. The zero-order valence-corrected chi connectivity index (χ0v) is 15.6. The van der Waals surface area contributed by atoms with Crippen molar-refractivity contribution >= 4 is 34.8 Å². The number of carbonyl (C=O) groups is 2. The van der Waals surface area contributed by atoms with Gasteiger partial charge in [-0.25, -0.2) is 4.79 Å². The molecule has 0 heterocycles. The third kappa shape index (κ3) is 6.21. The highest BCUT2D eigenvalue weighted by molar-refractivity contribution is 14.1. The van der Waals surface area contributed by atoms with Gasteiger partial charge in [0.1, 0.15) is 5.60 Å². The summed E-state index contributed by atoms with van der Waals surface area (Å²) in [6.45, 7) is 8.79. The van der Waals surface area contributed by atoms with Crippen LogP contribution in [0.5, 0.6) is 11.5 Å². The van der Waals surface area contributed by atoms with Gasteiger partial charge in [-0.1, -0.05) is 0 Å². The number of hydrogen-bond donors (Lipinski definition) is 0. The number of halogens is 1. The highest BCUT2D eigenvalue weighted by Crippen LogP contribution is 2.33. The van der Waals surface area contributed by atoms with E-state index in [-0.39, 0.29) is 18.5 Å². The van der Waals surface area contributed by atoms with Gasteiger partial charge in [0.25, 0.3) is 0 Å². The molecule has 6 heteroatoms. The SMILES string of the molecule is CC(C)Oc1cc(I)cc(C=O)c1OCC(=O)OC(C)(C)C. The van der Waals surface area contributed by atoms with Gasteiger partial charge in [0.15, 0.2) is 24.4 Å². The first-order valence-corrected chi connectivity index (χ1v) is 8.00. The maximum absolute atomic E-state index is 11.8. The molecule has 0 aliphatic heterocycles. The molecule has 0 bridgehead atoms. The van der Waals surface area contributed by atoms with Crippen LogP contribution in [0, 0.1) is 3.57 Å². The molecule has 0 aliphatic carbocycles. The Bertz CT molecular complexity index is 546.